The Kier molecular flexibility index (Phi) is 2.72. The van der Waals surface area contributed by atoms with Gasteiger partial charge >= 0.3 is 0 Å². The molecule has 0 spiro atoms. The zero-order valence-electron chi connectivity index (χ0n) is 10.4. The fourth-order valence-corrected chi connectivity index (χ4v) is 1.94. The van der Waals surface area contributed by atoms with Crippen LogP contribution < -0.4 is 10.5 Å². The monoisotopic (exact) mass is 255 g/mol. The molecule has 0 atom stereocenters. The largest absolute Gasteiger partial charge is 0.494 e. The predicted octanol–water partition coefficient (Wildman–Crippen LogP) is 2.72. The number of hydrogen-bond acceptors (Lipinski definition) is 4. The van der Waals surface area contributed by atoms with Crippen LogP contribution in [0.2, 0.25) is 0 Å². The molecule has 0 unspecified atom stereocenters. The van der Waals surface area contributed by atoms with E-state index in [0.29, 0.717) is 23.0 Å². The van der Waals surface area contributed by atoms with Gasteiger partial charge in [-0.1, -0.05) is 12.1 Å². The number of anilines is 1. The number of nitrogen functional groups attached to an aromatic ring is 1. The second-order valence-electron chi connectivity index (χ2n) is 4.02. The van der Waals surface area contributed by atoms with E-state index >= 15 is 0 Å². The molecule has 2 N–H and O–H groups in total. The number of nitrogens with two attached hydrogens (primary N) is 1. The molecule has 0 aliphatic carbocycles. The molecule has 0 aliphatic rings. The lowest BCUT2D eigenvalue weighted by atomic mass is 10.3. The molecule has 0 saturated carbocycles. The third-order valence-corrected chi connectivity index (χ3v) is 2.82. The number of benzene rings is 1. The standard InChI is InChI=1S/C14H13N3O2/c1-18-13-6-3-2-5-11(13)17-14(15)9-10(16-17)12-7-4-8-19-12/h2-9H,15H2,1H3. The maximum Gasteiger partial charge on any atom is 0.154 e. The third-order valence-electron chi connectivity index (χ3n) is 2.82. The van der Waals surface area contributed by atoms with Gasteiger partial charge < -0.3 is 14.9 Å². The van der Waals surface area contributed by atoms with Gasteiger partial charge in [0, 0.05) is 6.07 Å². The van der Waals surface area contributed by atoms with Crippen LogP contribution in [0.5, 0.6) is 5.75 Å². The number of para-hydroxylation sites is 2. The van der Waals surface area contributed by atoms with Crippen molar-refractivity contribution in [1.82, 2.24) is 9.78 Å². The molecular formula is C14H13N3O2. The van der Waals surface area contributed by atoms with Crippen LogP contribution in [0.3, 0.4) is 0 Å². The summed E-state index contributed by atoms with van der Waals surface area (Å²) in [6, 6.07) is 13.0. The van der Waals surface area contributed by atoms with Crippen molar-refractivity contribution in [2.24, 2.45) is 0 Å². The molecule has 19 heavy (non-hydrogen) atoms. The van der Waals surface area contributed by atoms with Gasteiger partial charge in [0.2, 0.25) is 0 Å². The van der Waals surface area contributed by atoms with E-state index in [9.17, 15) is 0 Å². The number of hydrogen-bond donors (Lipinski definition) is 1. The number of aromatic nitrogens is 2. The number of ether oxygens (including phenoxy) is 1. The molecule has 0 bridgehead atoms. The lowest BCUT2D eigenvalue weighted by Crippen LogP contribution is -2.03. The molecule has 3 aromatic rings. The second kappa shape index (κ2) is 4.53. The first kappa shape index (κ1) is 11.4. The first-order chi connectivity index (χ1) is 9.29. The van der Waals surface area contributed by atoms with Crippen molar-refractivity contribution in [3.8, 4) is 22.9 Å². The highest BCUT2D eigenvalue weighted by molar-refractivity contribution is 5.60. The molecule has 3 rings (SSSR count). The lowest BCUT2D eigenvalue weighted by Gasteiger charge is -2.08. The molecule has 0 amide bonds. The van der Waals surface area contributed by atoms with Crippen molar-refractivity contribution < 1.29 is 9.15 Å². The number of nitrogens with zero attached hydrogens (tertiary/aromatic N) is 2. The number of furan rings is 1. The second-order valence-corrected chi connectivity index (χ2v) is 4.02. The van der Waals surface area contributed by atoms with Crippen molar-refractivity contribution in [3.05, 3.63) is 48.7 Å². The van der Waals surface area contributed by atoms with Crippen molar-refractivity contribution in [2.45, 2.75) is 0 Å². The highest BCUT2D eigenvalue weighted by Crippen LogP contribution is 2.27. The number of methoxy groups -OCH3 is 1. The van der Waals surface area contributed by atoms with Crippen molar-refractivity contribution >= 4 is 5.82 Å². The highest BCUT2D eigenvalue weighted by atomic mass is 16.5. The average Bonchev–Trinajstić information content (AvgIpc) is 3.07. The maximum absolute atomic E-state index is 6.01. The first-order valence-electron chi connectivity index (χ1n) is 5.82. The summed E-state index contributed by atoms with van der Waals surface area (Å²) >= 11 is 0. The van der Waals surface area contributed by atoms with E-state index < -0.39 is 0 Å². The summed E-state index contributed by atoms with van der Waals surface area (Å²) in [5.74, 6) is 1.92. The zero-order valence-corrected chi connectivity index (χ0v) is 10.4. The van der Waals surface area contributed by atoms with Gasteiger partial charge in [0.25, 0.3) is 0 Å². The fourth-order valence-electron chi connectivity index (χ4n) is 1.94. The predicted molar refractivity (Wildman–Crippen MR) is 72.2 cm³/mol. The first-order valence-corrected chi connectivity index (χ1v) is 5.82. The van der Waals surface area contributed by atoms with Gasteiger partial charge in [0.1, 0.15) is 22.9 Å². The number of rotatable bonds is 3. The van der Waals surface area contributed by atoms with E-state index in [4.69, 9.17) is 14.9 Å². The summed E-state index contributed by atoms with van der Waals surface area (Å²) < 4.78 is 12.3. The van der Waals surface area contributed by atoms with Crippen LogP contribution in [0.15, 0.2) is 53.1 Å². The average molecular weight is 255 g/mol. The smallest absolute Gasteiger partial charge is 0.154 e. The van der Waals surface area contributed by atoms with Crippen LogP contribution in [0.4, 0.5) is 5.82 Å². The zero-order chi connectivity index (χ0) is 13.2. The van der Waals surface area contributed by atoms with E-state index in [0.717, 1.165) is 5.69 Å². The summed E-state index contributed by atoms with van der Waals surface area (Å²) in [7, 11) is 1.62. The minimum Gasteiger partial charge on any atom is -0.494 e. The molecule has 0 radical (unpaired) electrons. The van der Waals surface area contributed by atoms with Gasteiger partial charge in [0.15, 0.2) is 5.76 Å². The van der Waals surface area contributed by atoms with Gasteiger partial charge in [0.05, 0.1) is 13.4 Å². The molecule has 1 aromatic carbocycles. The Bertz CT molecular complexity index is 687. The van der Waals surface area contributed by atoms with E-state index in [1.54, 1.807) is 24.1 Å². The minimum absolute atomic E-state index is 0.524. The summed E-state index contributed by atoms with van der Waals surface area (Å²) in [6.07, 6.45) is 1.60. The molecule has 5 nitrogen and oxygen atoms in total. The van der Waals surface area contributed by atoms with Gasteiger partial charge in [-0.15, -0.1) is 0 Å². The summed E-state index contributed by atoms with van der Waals surface area (Å²) in [5.41, 5.74) is 7.49. The Morgan fingerprint density at radius 2 is 2.05 bits per heavy atom. The van der Waals surface area contributed by atoms with Gasteiger partial charge in [-0.2, -0.15) is 5.10 Å². The fraction of sp³-hybridized carbons (Fsp3) is 0.0714. The minimum atomic E-state index is 0.524. The van der Waals surface area contributed by atoms with Crippen molar-refractivity contribution in [3.63, 3.8) is 0 Å². The van der Waals surface area contributed by atoms with E-state index in [1.165, 1.54) is 0 Å². The lowest BCUT2D eigenvalue weighted by molar-refractivity contribution is 0.412. The van der Waals surface area contributed by atoms with Crippen LogP contribution in [0, 0.1) is 0 Å². The third kappa shape index (κ3) is 1.95. The SMILES string of the molecule is COc1ccccc1-n1nc(-c2ccco2)cc1N. The van der Waals surface area contributed by atoms with Crippen molar-refractivity contribution in [2.75, 3.05) is 12.8 Å². The normalized spacial score (nSPS) is 10.6. The molecule has 5 heteroatoms. The van der Waals surface area contributed by atoms with Gasteiger partial charge in [-0.3, -0.25) is 0 Å². The van der Waals surface area contributed by atoms with Crippen LogP contribution in [0.1, 0.15) is 0 Å². The molecule has 2 heterocycles. The van der Waals surface area contributed by atoms with E-state index in [1.807, 2.05) is 36.4 Å². The van der Waals surface area contributed by atoms with Crippen LogP contribution in [0.25, 0.3) is 17.1 Å². The van der Waals surface area contributed by atoms with Crippen LogP contribution in [-0.4, -0.2) is 16.9 Å². The molecule has 96 valence electrons. The maximum atomic E-state index is 6.01. The summed E-state index contributed by atoms with van der Waals surface area (Å²) in [6.45, 7) is 0. The molecular weight excluding hydrogens is 242 g/mol. The van der Waals surface area contributed by atoms with E-state index in [2.05, 4.69) is 5.10 Å². The molecule has 2 aromatic heterocycles. The quantitative estimate of drug-likeness (QED) is 0.781. The molecule has 0 aliphatic heterocycles. The molecule has 0 saturated heterocycles. The van der Waals surface area contributed by atoms with Gasteiger partial charge in [-0.25, -0.2) is 4.68 Å². The van der Waals surface area contributed by atoms with Crippen LogP contribution >= 0.6 is 0 Å². The Morgan fingerprint density at radius 3 is 2.79 bits per heavy atom. The Labute approximate surface area is 110 Å². The van der Waals surface area contributed by atoms with Gasteiger partial charge in [-0.05, 0) is 24.3 Å². The Balaban J connectivity index is 2.11. The van der Waals surface area contributed by atoms with Crippen molar-refractivity contribution in [1.29, 1.82) is 0 Å². The summed E-state index contributed by atoms with van der Waals surface area (Å²) in [5, 5.41) is 4.45. The Morgan fingerprint density at radius 1 is 1.21 bits per heavy atom. The van der Waals surface area contributed by atoms with E-state index in [-0.39, 0.29) is 0 Å². The topological polar surface area (TPSA) is 66.2 Å². The summed E-state index contributed by atoms with van der Waals surface area (Å²) in [4.78, 5) is 0. The molecule has 0 fully saturated rings. The highest BCUT2D eigenvalue weighted by Gasteiger charge is 2.13. The van der Waals surface area contributed by atoms with Crippen LogP contribution in [-0.2, 0) is 0 Å². The Hall–Kier alpha value is -2.69.